The summed E-state index contributed by atoms with van der Waals surface area (Å²) in [6.07, 6.45) is 2.75. The fraction of sp³-hybridized carbons (Fsp3) is 0.190. The van der Waals surface area contributed by atoms with Gasteiger partial charge in [-0.1, -0.05) is 67.2 Å². The van der Waals surface area contributed by atoms with Gasteiger partial charge < -0.3 is 9.55 Å². The molecule has 0 radical (unpaired) electrons. The van der Waals surface area contributed by atoms with Crippen molar-refractivity contribution < 1.29 is 4.79 Å². The molecule has 6 heteroatoms. The first kappa shape index (κ1) is 17.5. The molecular weight excluding hydrogens is 356 g/mol. The van der Waals surface area contributed by atoms with Crippen LogP contribution in [0.2, 0.25) is 0 Å². The second kappa shape index (κ2) is 7.40. The largest absolute Gasteiger partial charge is 0.360 e. The van der Waals surface area contributed by atoms with Crippen LogP contribution in [0.3, 0.4) is 0 Å². The lowest BCUT2D eigenvalue weighted by molar-refractivity contribution is 0.102. The van der Waals surface area contributed by atoms with Crippen molar-refractivity contribution >= 4 is 28.4 Å². The standard InChI is InChI=1S/C21H20N4OS/c1-3-14-10-7-11-16-17(12-22-19(14)16)18(26)13-27-21-24-23-20(25(21)2)15-8-5-4-6-9-15/h4-12,22H,3,13H2,1-2H3. The summed E-state index contributed by atoms with van der Waals surface area (Å²) < 4.78 is 1.93. The first-order valence-electron chi connectivity index (χ1n) is 8.88. The molecule has 0 atom stereocenters. The highest BCUT2D eigenvalue weighted by Crippen LogP contribution is 2.26. The zero-order valence-electron chi connectivity index (χ0n) is 15.3. The number of carbonyl (C=O) groups is 1. The van der Waals surface area contributed by atoms with E-state index < -0.39 is 0 Å². The monoisotopic (exact) mass is 376 g/mol. The van der Waals surface area contributed by atoms with E-state index in [2.05, 4.69) is 28.2 Å². The predicted octanol–water partition coefficient (Wildman–Crippen LogP) is 4.50. The van der Waals surface area contributed by atoms with Crippen molar-refractivity contribution in [2.24, 2.45) is 7.05 Å². The van der Waals surface area contributed by atoms with Gasteiger partial charge in [0.25, 0.3) is 0 Å². The van der Waals surface area contributed by atoms with Crippen LogP contribution in [0.25, 0.3) is 22.3 Å². The van der Waals surface area contributed by atoms with Crippen molar-refractivity contribution in [3.05, 3.63) is 65.9 Å². The number of benzene rings is 2. The van der Waals surface area contributed by atoms with Crippen LogP contribution in [0.1, 0.15) is 22.8 Å². The number of nitrogens with zero attached hydrogens (tertiary/aromatic N) is 3. The van der Waals surface area contributed by atoms with Gasteiger partial charge in [0.05, 0.1) is 5.75 Å². The number of thioether (sulfide) groups is 1. The van der Waals surface area contributed by atoms with Gasteiger partial charge in [-0.25, -0.2) is 0 Å². The van der Waals surface area contributed by atoms with Crippen LogP contribution in [-0.2, 0) is 13.5 Å². The van der Waals surface area contributed by atoms with E-state index in [4.69, 9.17) is 0 Å². The Morgan fingerprint density at radius 1 is 1.11 bits per heavy atom. The van der Waals surface area contributed by atoms with Crippen molar-refractivity contribution in [3.63, 3.8) is 0 Å². The van der Waals surface area contributed by atoms with Gasteiger partial charge in [0.15, 0.2) is 16.8 Å². The van der Waals surface area contributed by atoms with E-state index >= 15 is 0 Å². The third kappa shape index (κ3) is 3.28. The molecule has 0 aliphatic carbocycles. The average Bonchev–Trinajstić information content (AvgIpc) is 3.30. The summed E-state index contributed by atoms with van der Waals surface area (Å²) >= 11 is 1.41. The minimum atomic E-state index is 0.0868. The van der Waals surface area contributed by atoms with E-state index in [9.17, 15) is 4.79 Å². The molecule has 2 aromatic heterocycles. The predicted molar refractivity (Wildman–Crippen MR) is 109 cm³/mol. The van der Waals surface area contributed by atoms with E-state index in [0.717, 1.165) is 39.4 Å². The van der Waals surface area contributed by atoms with Crippen molar-refractivity contribution in [2.45, 2.75) is 18.5 Å². The van der Waals surface area contributed by atoms with Crippen LogP contribution in [-0.4, -0.2) is 31.3 Å². The number of para-hydroxylation sites is 1. The van der Waals surface area contributed by atoms with Gasteiger partial charge >= 0.3 is 0 Å². The number of aryl methyl sites for hydroxylation is 1. The number of H-pyrrole nitrogens is 1. The van der Waals surface area contributed by atoms with E-state index in [1.165, 1.54) is 17.3 Å². The molecule has 136 valence electrons. The summed E-state index contributed by atoms with van der Waals surface area (Å²) in [7, 11) is 1.92. The maximum atomic E-state index is 12.8. The molecule has 2 heterocycles. The third-order valence-corrected chi connectivity index (χ3v) is 5.70. The van der Waals surface area contributed by atoms with E-state index in [0.29, 0.717) is 5.75 Å². The third-order valence-electron chi connectivity index (χ3n) is 4.68. The van der Waals surface area contributed by atoms with Crippen LogP contribution >= 0.6 is 11.8 Å². The molecule has 1 N–H and O–H groups in total. The number of fused-ring (bicyclic) bond motifs is 1. The van der Waals surface area contributed by atoms with Gasteiger partial charge in [0.1, 0.15) is 0 Å². The minimum Gasteiger partial charge on any atom is -0.360 e. The average molecular weight is 376 g/mol. The second-order valence-electron chi connectivity index (χ2n) is 6.34. The summed E-state index contributed by atoms with van der Waals surface area (Å²) in [6.45, 7) is 2.12. The van der Waals surface area contributed by atoms with Crippen LogP contribution in [0, 0.1) is 0 Å². The quantitative estimate of drug-likeness (QED) is 0.397. The molecule has 0 bridgehead atoms. The maximum Gasteiger partial charge on any atom is 0.191 e. The minimum absolute atomic E-state index is 0.0868. The Bertz CT molecular complexity index is 1100. The molecule has 0 amide bonds. The molecular formula is C21H20N4OS. The molecule has 5 nitrogen and oxygen atoms in total. The van der Waals surface area contributed by atoms with Gasteiger partial charge in [0, 0.05) is 35.3 Å². The molecule has 0 unspecified atom stereocenters. The summed E-state index contributed by atoms with van der Waals surface area (Å²) in [6, 6.07) is 16.0. The fourth-order valence-corrected chi connectivity index (χ4v) is 4.02. The molecule has 0 spiro atoms. The molecule has 27 heavy (non-hydrogen) atoms. The number of aromatic nitrogens is 4. The zero-order chi connectivity index (χ0) is 18.8. The molecule has 4 rings (SSSR count). The Labute approximate surface area is 161 Å². The molecule has 0 fully saturated rings. The highest BCUT2D eigenvalue weighted by atomic mass is 32.2. The normalized spacial score (nSPS) is 11.2. The molecule has 0 saturated heterocycles. The van der Waals surface area contributed by atoms with E-state index in [1.54, 1.807) is 0 Å². The number of aromatic amines is 1. The van der Waals surface area contributed by atoms with Gasteiger partial charge in [-0.15, -0.1) is 10.2 Å². The molecule has 4 aromatic rings. The second-order valence-corrected chi connectivity index (χ2v) is 7.28. The Morgan fingerprint density at radius 3 is 2.70 bits per heavy atom. The number of carbonyl (C=O) groups excluding carboxylic acids is 1. The van der Waals surface area contributed by atoms with Gasteiger partial charge in [0.2, 0.25) is 0 Å². The number of rotatable bonds is 6. The smallest absolute Gasteiger partial charge is 0.191 e. The number of nitrogens with one attached hydrogen (secondary N) is 1. The lowest BCUT2D eigenvalue weighted by Crippen LogP contribution is -2.03. The zero-order valence-corrected chi connectivity index (χ0v) is 16.1. The number of hydrogen-bond donors (Lipinski definition) is 1. The molecule has 0 saturated carbocycles. The lowest BCUT2D eigenvalue weighted by atomic mass is 10.1. The Hall–Kier alpha value is -2.86. The van der Waals surface area contributed by atoms with E-state index in [-0.39, 0.29) is 5.78 Å². The summed E-state index contributed by atoms with van der Waals surface area (Å²) in [5, 5.41) is 10.2. The number of ketones is 1. The molecule has 0 aliphatic heterocycles. The van der Waals surface area contributed by atoms with Gasteiger partial charge in [-0.3, -0.25) is 4.79 Å². The summed E-state index contributed by atoms with van der Waals surface area (Å²) in [5.74, 6) is 1.21. The molecule has 0 aliphatic rings. The summed E-state index contributed by atoms with van der Waals surface area (Å²) in [4.78, 5) is 16.0. The first-order chi connectivity index (χ1) is 13.2. The van der Waals surface area contributed by atoms with Crippen LogP contribution in [0.5, 0.6) is 0 Å². The Kier molecular flexibility index (Phi) is 4.81. The van der Waals surface area contributed by atoms with Gasteiger partial charge in [-0.2, -0.15) is 0 Å². The highest BCUT2D eigenvalue weighted by Gasteiger charge is 2.16. The van der Waals surface area contributed by atoms with Gasteiger partial charge in [-0.05, 0) is 12.0 Å². The highest BCUT2D eigenvalue weighted by molar-refractivity contribution is 7.99. The SMILES string of the molecule is CCc1cccc2c(C(=O)CSc3nnc(-c4ccccc4)n3C)c[nH]c12. The van der Waals surface area contributed by atoms with Crippen molar-refractivity contribution in [1.29, 1.82) is 0 Å². The summed E-state index contributed by atoms with van der Waals surface area (Å²) in [5.41, 5.74) is 4.02. The topological polar surface area (TPSA) is 63.6 Å². The van der Waals surface area contributed by atoms with E-state index in [1.807, 2.05) is 60.3 Å². The maximum absolute atomic E-state index is 12.8. The van der Waals surface area contributed by atoms with Crippen molar-refractivity contribution in [2.75, 3.05) is 5.75 Å². The van der Waals surface area contributed by atoms with Crippen molar-refractivity contribution in [1.82, 2.24) is 19.7 Å². The van der Waals surface area contributed by atoms with Crippen molar-refractivity contribution in [3.8, 4) is 11.4 Å². The first-order valence-corrected chi connectivity index (χ1v) is 9.87. The van der Waals surface area contributed by atoms with Crippen LogP contribution < -0.4 is 0 Å². The Balaban J connectivity index is 1.53. The number of hydrogen-bond acceptors (Lipinski definition) is 4. The lowest BCUT2D eigenvalue weighted by Gasteiger charge is -2.04. The Morgan fingerprint density at radius 2 is 1.93 bits per heavy atom. The fourth-order valence-electron chi connectivity index (χ4n) is 3.23. The van der Waals surface area contributed by atoms with Crippen LogP contribution in [0.4, 0.5) is 0 Å². The number of Topliss-reactive ketones (excluding diaryl/α,β-unsaturated/α-hetero) is 1. The molecule has 2 aromatic carbocycles. The van der Waals surface area contributed by atoms with Crippen LogP contribution in [0.15, 0.2) is 59.9 Å².